The van der Waals surface area contributed by atoms with Crippen LogP contribution in [0.25, 0.3) is 21.8 Å². The molecule has 0 bridgehead atoms. The molecule has 2 fully saturated rings. The number of ketones is 2. The summed E-state index contributed by atoms with van der Waals surface area (Å²) in [6.07, 6.45) is 9.10. The van der Waals surface area contributed by atoms with Gasteiger partial charge >= 0.3 is 0 Å². The van der Waals surface area contributed by atoms with Gasteiger partial charge in [0.25, 0.3) is 11.8 Å². The molecular formula is C42H46N6O6. The molecule has 0 radical (unpaired) electrons. The molecule has 4 N–H and O–H groups in total. The fourth-order valence-corrected chi connectivity index (χ4v) is 8.60. The van der Waals surface area contributed by atoms with Crippen molar-refractivity contribution >= 4 is 57.0 Å². The molecule has 0 saturated heterocycles. The molecule has 4 heterocycles. The smallest absolute Gasteiger partial charge is 0.268 e. The zero-order chi connectivity index (χ0) is 37.9. The van der Waals surface area contributed by atoms with Crippen molar-refractivity contribution < 1.29 is 28.8 Å². The number of nitrogens with zero attached hydrogens (tertiary/aromatic N) is 2. The van der Waals surface area contributed by atoms with Crippen LogP contribution in [-0.2, 0) is 22.7 Å². The molecule has 12 heteroatoms. The Labute approximate surface area is 313 Å². The molecular weight excluding hydrogens is 684 g/mol. The van der Waals surface area contributed by atoms with Gasteiger partial charge < -0.3 is 30.4 Å². The zero-order valence-electron chi connectivity index (χ0n) is 30.3. The predicted octanol–water partition coefficient (Wildman–Crippen LogP) is 4.86. The summed E-state index contributed by atoms with van der Waals surface area (Å²) in [4.78, 5) is 73.0. The van der Waals surface area contributed by atoms with Gasteiger partial charge in [0, 0.05) is 84.0 Å². The van der Waals surface area contributed by atoms with E-state index in [-0.39, 0.29) is 59.1 Å². The van der Waals surface area contributed by atoms with Crippen LogP contribution in [0.3, 0.4) is 0 Å². The van der Waals surface area contributed by atoms with Crippen molar-refractivity contribution in [2.45, 2.75) is 76.5 Å². The fraction of sp³-hybridized carbons (Fsp3) is 0.381. The van der Waals surface area contributed by atoms with E-state index in [1.165, 1.54) is 12.2 Å². The summed E-state index contributed by atoms with van der Waals surface area (Å²) in [6, 6.07) is 15.1. The highest BCUT2D eigenvalue weighted by Gasteiger charge is 2.32. The van der Waals surface area contributed by atoms with Crippen molar-refractivity contribution in [2.24, 2.45) is 11.8 Å². The quantitative estimate of drug-likeness (QED) is 0.135. The number of carbonyl (C=O) groups is 6. The van der Waals surface area contributed by atoms with Crippen LogP contribution in [0.4, 0.5) is 0 Å². The molecule has 4 aromatic rings. The summed E-state index contributed by atoms with van der Waals surface area (Å²) in [6.45, 7) is 9.59. The van der Waals surface area contributed by atoms with E-state index < -0.39 is 0 Å². The summed E-state index contributed by atoms with van der Waals surface area (Å²) in [5, 5.41) is 13.5. The van der Waals surface area contributed by atoms with Crippen molar-refractivity contribution in [3.05, 3.63) is 96.4 Å². The van der Waals surface area contributed by atoms with Gasteiger partial charge in [-0.2, -0.15) is 0 Å². The summed E-state index contributed by atoms with van der Waals surface area (Å²) >= 11 is 0. The Morgan fingerprint density at radius 3 is 1.48 bits per heavy atom. The number of aromatic nitrogens is 2. The fourth-order valence-electron chi connectivity index (χ4n) is 8.60. The molecule has 2 aromatic heterocycles. The van der Waals surface area contributed by atoms with Crippen molar-refractivity contribution in [3.8, 4) is 0 Å². The zero-order valence-corrected chi connectivity index (χ0v) is 30.3. The van der Waals surface area contributed by atoms with E-state index >= 15 is 0 Å². The first-order chi connectivity index (χ1) is 26.1. The minimum atomic E-state index is -0.182. The number of hydrogen-bond acceptors (Lipinski definition) is 6. The highest BCUT2D eigenvalue weighted by Crippen LogP contribution is 2.32. The first-order valence-corrected chi connectivity index (χ1v) is 18.9. The average Bonchev–Trinajstić information content (AvgIpc) is 3.98. The molecule has 0 spiro atoms. The predicted molar refractivity (Wildman–Crippen MR) is 205 cm³/mol. The minimum Gasteiger partial charge on any atom is -0.350 e. The Hall–Kier alpha value is -5.78. The SMILES string of the molecule is C=CC(=O)N[C@@H]1CCC[C@@H]1CC(=O)c1ccc2cc3n(c2c1)CCNC3=O.C=CC(=O)N[C@H]1CCC[C@H]1CC(=O)c1ccc2cc3n(c2c1)CCNC3=O. The lowest BCUT2D eigenvalue weighted by atomic mass is 9.93. The number of rotatable bonds is 10. The average molecular weight is 731 g/mol. The number of amides is 4. The van der Waals surface area contributed by atoms with Gasteiger partial charge in [-0.1, -0.05) is 50.3 Å². The number of Topliss-reactive ketones (excluding diaryl/α,β-unsaturated/α-hetero) is 2. The van der Waals surface area contributed by atoms with Crippen LogP contribution in [0.2, 0.25) is 0 Å². The van der Waals surface area contributed by atoms with E-state index in [0.717, 1.165) is 60.3 Å². The van der Waals surface area contributed by atoms with Gasteiger partial charge in [-0.15, -0.1) is 0 Å². The minimum absolute atomic E-state index is 0.0351. The van der Waals surface area contributed by atoms with Crippen LogP contribution in [0.5, 0.6) is 0 Å². The van der Waals surface area contributed by atoms with Gasteiger partial charge in [-0.05, 0) is 73.9 Å². The van der Waals surface area contributed by atoms with E-state index in [2.05, 4.69) is 34.4 Å². The van der Waals surface area contributed by atoms with Crippen LogP contribution >= 0.6 is 0 Å². The van der Waals surface area contributed by atoms with Crippen LogP contribution in [0, 0.1) is 11.8 Å². The third-order valence-electron chi connectivity index (χ3n) is 11.4. The normalized spacial score (nSPS) is 21.6. The number of benzene rings is 2. The Balaban J connectivity index is 0.000000167. The van der Waals surface area contributed by atoms with Crippen LogP contribution in [0.15, 0.2) is 73.8 Å². The molecule has 4 amide bonds. The second kappa shape index (κ2) is 15.7. The summed E-state index contributed by atoms with van der Waals surface area (Å²) in [5.41, 5.74) is 4.46. The highest BCUT2D eigenvalue weighted by atomic mass is 16.2. The second-order valence-corrected chi connectivity index (χ2v) is 14.7. The topological polar surface area (TPSA) is 160 Å². The molecule has 280 valence electrons. The molecule has 54 heavy (non-hydrogen) atoms. The summed E-state index contributed by atoms with van der Waals surface area (Å²) < 4.78 is 3.96. The molecule has 2 aliphatic heterocycles. The second-order valence-electron chi connectivity index (χ2n) is 14.7. The summed E-state index contributed by atoms with van der Waals surface area (Å²) in [7, 11) is 0. The third kappa shape index (κ3) is 7.50. The van der Waals surface area contributed by atoms with Gasteiger partial charge in [0.15, 0.2) is 11.6 Å². The lowest BCUT2D eigenvalue weighted by Gasteiger charge is -2.20. The van der Waals surface area contributed by atoms with Crippen molar-refractivity contribution in [1.29, 1.82) is 0 Å². The third-order valence-corrected chi connectivity index (χ3v) is 11.4. The molecule has 4 atom stereocenters. The monoisotopic (exact) mass is 730 g/mol. The van der Waals surface area contributed by atoms with Gasteiger partial charge in [-0.25, -0.2) is 0 Å². The van der Waals surface area contributed by atoms with E-state index in [1.807, 2.05) is 57.7 Å². The lowest BCUT2D eigenvalue weighted by molar-refractivity contribution is -0.118. The maximum Gasteiger partial charge on any atom is 0.268 e. The Bertz CT molecular complexity index is 2040. The maximum absolute atomic E-state index is 12.9. The van der Waals surface area contributed by atoms with E-state index in [0.29, 0.717) is 61.5 Å². The van der Waals surface area contributed by atoms with Gasteiger partial charge in [0.1, 0.15) is 11.4 Å². The molecule has 4 aliphatic rings. The van der Waals surface area contributed by atoms with Crippen molar-refractivity contribution in [3.63, 3.8) is 0 Å². The van der Waals surface area contributed by atoms with E-state index in [1.54, 1.807) is 0 Å². The van der Waals surface area contributed by atoms with Crippen LogP contribution in [-0.4, -0.2) is 69.5 Å². The van der Waals surface area contributed by atoms with Gasteiger partial charge in [0.05, 0.1) is 0 Å². The Morgan fingerprint density at radius 1 is 0.648 bits per heavy atom. The standard InChI is InChI=1S/2C21H23N3O3/c2*1-2-20(26)23-16-5-3-4-13(16)12-19(25)15-7-6-14-10-18-21(27)22-8-9-24(18)17(14)11-15/h2*2,6-7,10-11,13,16H,1,3-5,8-9,12H2,(H,22,27)(H,23,26)/t2*13-,16-/m10/s1. The van der Waals surface area contributed by atoms with E-state index in [4.69, 9.17) is 0 Å². The first kappa shape index (κ1) is 36.6. The van der Waals surface area contributed by atoms with Crippen LogP contribution in [0.1, 0.15) is 93.1 Å². The molecule has 2 aliphatic carbocycles. The Kier molecular flexibility index (Phi) is 10.6. The lowest BCUT2D eigenvalue weighted by Crippen LogP contribution is -2.37. The Morgan fingerprint density at radius 2 is 1.07 bits per heavy atom. The molecule has 8 rings (SSSR count). The maximum atomic E-state index is 12.9. The number of fused-ring (bicyclic) bond motifs is 6. The number of hydrogen-bond donors (Lipinski definition) is 4. The molecule has 2 saturated carbocycles. The van der Waals surface area contributed by atoms with E-state index in [9.17, 15) is 28.8 Å². The number of nitrogens with one attached hydrogen (secondary N) is 4. The number of carbonyl (C=O) groups excluding carboxylic acids is 6. The van der Waals surface area contributed by atoms with Gasteiger partial charge in [-0.3, -0.25) is 28.8 Å². The molecule has 2 aromatic carbocycles. The van der Waals surface area contributed by atoms with Crippen molar-refractivity contribution in [2.75, 3.05) is 13.1 Å². The van der Waals surface area contributed by atoms with Gasteiger partial charge in [0.2, 0.25) is 11.8 Å². The summed E-state index contributed by atoms with van der Waals surface area (Å²) in [5.74, 6) is -0.0324. The largest absolute Gasteiger partial charge is 0.350 e. The van der Waals surface area contributed by atoms with Crippen LogP contribution < -0.4 is 21.3 Å². The van der Waals surface area contributed by atoms with Crippen molar-refractivity contribution in [1.82, 2.24) is 30.4 Å². The molecule has 0 unspecified atom stereocenters. The molecule has 12 nitrogen and oxygen atoms in total. The highest BCUT2D eigenvalue weighted by molar-refractivity contribution is 6.04. The first-order valence-electron chi connectivity index (χ1n) is 18.9.